The van der Waals surface area contributed by atoms with Crippen molar-refractivity contribution in [1.29, 1.82) is 0 Å². The number of benzene rings is 1. The van der Waals surface area contributed by atoms with Crippen molar-refractivity contribution in [3.8, 4) is 18.1 Å². The summed E-state index contributed by atoms with van der Waals surface area (Å²) in [5.41, 5.74) is -0.628. The van der Waals surface area contributed by atoms with E-state index in [0.717, 1.165) is 22.4 Å². The predicted molar refractivity (Wildman–Crippen MR) is 70.3 cm³/mol. The third kappa shape index (κ3) is 4.41. The molecule has 1 aromatic rings. The zero-order valence-corrected chi connectivity index (χ0v) is 10.9. The molecular formula is C13H15NO2S. The topological polar surface area (TPSA) is 38.3 Å². The maximum absolute atomic E-state index is 11.7. The first-order valence-electron chi connectivity index (χ1n) is 5.08. The van der Waals surface area contributed by atoms with Crippen molar-refractivity contribution in [3.05, 3.63) is 24.3 Å². The number of thioether (sulfide) groups is 1. The van der Waals surface area contributed by atoms with Gasteiger partial charge in [-0.3, -0.25) is 4.79 Å². The van der Waals surface area contributed by atoms with Crippen molar-refractivity contribution in [2.24, 2.45) is 0 Å². The average molecular weight is 249 g/mol. The van der Waals surface area contributed by atoms with E-state index in [1.165, 1.54) is 0 Å². The Balaban J connectivity index is 2.60. The van der Waals surface area contributed by atoms with Crippen LogP contribution in [0.4, 0.5) is 4.79 Å². The lowest BCUT2D eigenvalue weighted by Gasteiger charge is -2.18. The van der Waals surface area contributed by atoms with Gasteiger partial charge in [0.15, 0.2) is 0 Å². The van der Waals surface area contributed by atoms with Crippen molar-refractivity contribution < 1.29 is 9.53 Å². The van der Waals surface area contributed by atoms with E-state index in [1.807, 2.05) is 24.3 Å². The van der Waals surface area contributed by atoms with E-state index in [-0.39, 0.29) is 5.24 Å². The lowest BCUT2D eigenvalue weighted by molar-refractivity contribution is 0.256. The van der Waals surface area contributed by atoms with Gasteiger partial charge in [-0.15, -0.1) is 6.42 Å². The maximum atomic E-state index is 11.7. The number of carbonyl (C=O) groups excluding carboxylic acids is 1. The number of amides is 1. The van der Waals surface area contributed by atoms with Gasteiger partial charge in [-0.05, 0) is 49.9 Å². The first-order valence-corrected chi connectivity index (χ1v) is 5.90. The smallest absolute Gasteiger partial charge is 0.285 e. The number of methoxy groups -OCH3 is 1. The molecule has 1 amide bonds. The molecule has 4 heteroatoms. The van der Waals surface area contributed by atoms with Crippen LogP contribution in [0.5, 0.6) is 5.75 Å². The Kier molecular flexibility index (Phi) is 4.47. The Labute approximate surface area is 106 Å². The van der Waals surface area contributed by atoms with E-state index in [0.29, 0.717) is 0 Å². The van der Waals surface area contributed by atoms with Gasteiger partial charge in [0.25, 0.3) is 5.24 Å². The molecule has 0 unspecified atom stereocenters. The molecule has 0 saturated heterocycles. The van der Waals surface area contributed by atoms with Gasteiger partial charge >= 0.3 is 0 Å². The summed E-state index contributed by atoms with van der Waals surface area (Å²) in [7, 11) is 1.60. The second kappa shape index (κ2) is 5.65. The van der Waals surface area contributed by atoms with E-state index < -0.39 is 5.54 Å². The summed E-state index contributed by atoms with van der Waals surface area (Å²) in [6.45, 7) is 3.55. The molecular weight excluding hydrogens is 234 g/mol. The van der Waals surface area contributed by atoms with E-state index in [2.05, 4.69) is 11.2 Å². The molecule has 17 heavy (non-hydrogen) atoms. The van der Waals surface area contributed by atoms with E-state index in [4.69, 9.17) is 11.2 Å². The Hall–Kier alpha value is -1.60. The number of ether oxygens (including phenoxy) is 1. The Morgan fingerprint density at radius 1 is 1.41 bits per heavy atom. The highest BCUT2D eigenvalue weighted by Crippen LogP contribution is 2.22. The van der Waals surface area contributed by atoms with Crippen LogP contribution in [0, 0.1) is 12.3 Å². The molecule has 3 nitrogen and oxygen atoms in total. The fraction of sp³-hybridized carbons (Fsp3) is 0.308. The van der Waals surface area contributed by atoms with Gasteiger partial charge in [-0.2, -0.15) is 0 Å². The Morgan fingerprint density at radius 2 is 2.00 bits per heavy atom. The molecule has 0 aliphatic carbocycles. The SMILES string of the molecule is C#CC(C)(C)NC(=O)Sc1ccc(OC)cc1. The summed E-state index contributed by atoms with van der Waals surface area (Å²) in [6, 6.07) is 7.27. The van der Waals surface area contributed by atoms with Crippen molar-refractivity contribution in [1.82, 2.24) is 5.32 Å². The molecule has 1 rings (SSSR count). The van der Waals surface area contributed by atoms with Crippen LogP contribution < -0.4 is 10.1 Å². The first kappa shape index (κ1) is 13.5. The van der Waals surface area contributed by atoms with E-state index in [1.54, 1.807) is 21.0 Å². The lowest BCUT2D eigenvalue weighted by Crippen LogP contribution is -2.39. The summed E-state index contributed by atoms with van der Waals surface area (Å²) in [5, 5.41) is 2.57. The average Bonchev–Trinajstić information content (AvgIpc) is 2.29. The number of nitrogens with one attached hydrogen (secondary N) is 1. The molecule has 0 radical (unpaired) electrons. The molecule has 1 N–H and O–H groups in total. The minimum atomic E-state index is -0.628. The second-order valence-electron chi connectivity index (χ2n) is 3.96. The molecule has 90 valence electrons. The highest BCUT2D eigenvalue weighted by molar-refractivity contribution is 8.13. The summed E-state index contributed by atoms with van der Waals surface area (Å²) in [5.74, 6) is 3.27. The monoisotopic (exact) mass is 249 g/mol. The summed E-state index contributed by atoms with van der Waals surface area (Å²) < 4.78 is 5.04. The molecule has 0 aliphatic heterocycles. The van der Waals surface area contributed by atoms with Gasteiger partial charge < -0.3 is 10.1 Å². The van der Waals surface area contributed by atoms with Crippen molar-refractivity contribution >= 4 is 17.0 Å². The Morgan fingerprint density at radius 3 is 2.47 bits per heavy atom. The molecule has 0 fully saturated rings. The van der Waals surface area contributed by atoms with E-state index in [9.17, 15) is 4.79 Å². The van der Waals surface area contributed by atoms with Crippen molar-refractivity contribution in [2.45, 2.75) is 24.3 Å². The molecule has 0 heterocycles. The fourth-order valence-electron chi connectivity index (χ4n) is 1.07. The molecule has 1 aromatic carbocycles. The third-order valence-corrected chi connectivity index (χ3v) is 2.84. The van der Waals surface area contributed by atoms with Gasteiger partial charge in [0.1, 0.15) is 5.75 Å². The van der Waals surface area contributed by atoms with Crippen molar-refractivity contribution in [3.63, 3.8) is 0 Å². The van der Waals surface area contributed by atoms with Crippen LogP contribution in [0.2, 0.25) is 0 Å². The van der Waals surface area contributed by atoms with Gasteiger partial charge in [0.2, 0.25) is 0 Å². The number of hydrogen-bond acceptors (Lipinski definition) is 3. The fourth-order valence-corrected chi connectivity index (χ4v) is 1.86. The largest absolute Gasteiger partial charge is 0.497 e. The minimum Gasteiger partial charge on any atom is -0.497 e. The summed E-state index contributed by atoms with van der Waals surface area (Å²) in [6.07, 6.45) is 5.30. The zero-order valence-electron chi connectivity index (χ0n) is 10.1. The normalized spacial score (nSPS) is 10.5. The number of terminal acetylenes is 1. The summed E-state index contributed by atoms with van der Waals surface area (Å²) >= 11 is 1.10. The van der Waals surface area contributed by atoms with E-state index >= 15 is 0 Å². The van der Waals surface area contributed by atoms with Crippen molar-refractivity contribution in [2.75, 3.05) is 7.11 Å². The highest BCUT2D eigenvalue weighted by Gasteiger charge is 2.17. The first-order chi connectivity index (χ1) is 7.96. The lowest BCUT2D eigenvalue weighted by atomic mass is 10.1. The summed E-state index contributed by atoms with van der Waals surface area (Å²) in [4.78, 5) is 12.5. The molecule has 0 aliphatic rings. The number of rotatable bonds is 3. The predicted octanol–water partition coefficient (Wildman–Crippen LogP) is 2.91. The van der Waals surface area contributed by atoms with Crippen LogP contribution >= 0.6 is 11.8 Å². The second-order valence-corrected chi connectivity index (χ2v) is 5.01. The number of carbonyl (C=O) groups is 1. The van der Waals surface area contributed by atoms with Crippen LogP contribution in [-0.2, 0) is 0 Å². The van der Waals surface area contributed by atoms with Crippen LogP contribution in [0.15, 0.2) is 29.2 Å². The minimum absolute atomic E-state index is 0.168. The molecule has 0 atom stereocenters. The molecule has 0 saturated carbocycles. The molecule has 0 aromatic heterocycles. The standard InChI is InChI=1S/C13H15NO2S/c1-5-13(2,3)14-12(15)17-11-8-6-10(16-4)7-9-11/h1,6-9H,2-4H3,(H,14,15). The van der Waals surface area contributed by atoms with Gasteiger partial charge in [0.05, 0.1) is 12.6 Å². The number of hydrogen-bond donors (Lipinski definition) is 1. The third-order valence-electron chi connectivity index (χ3n) is 2.05. The van der Waals surface area contributed by atoms with Crippen LogP contribution in [0.1, 0.15) is 13.8 Å². The Bertz CT molecular complexity index is 432. The van der Waals surface area contributed by atoms with Crippen LogP contribution in [0.25, 0.3) is 0 Å². The maximum Gasteiger partial charge on any atom is 0.285 e. The zero-order chi connectivity index (χ0) is 12.9. The molecule has 0 spiro atoms. The van der Waals surface area contributed by atoms with Gasteiger partial charge in [-0.1, -0.05) is 5.92 Å². The quantitative estimate of drug-likeness (QED) is 0.661. The molecule has 0 bridgehead atoms. The van der Waals surface area contributed by atoms with Crippen LogP contribution in [0.3, 0.4) is 0 Å². The van der Waals surface area contributed by atoms with Gasteiger partial charge in [-0.25, -0.2) is 0 Å². The van der Waals surface area contributed by atoms with Gasteiger partial charge in [0, 0.05) is 4.90 Å². The highest BCUT2D eigenvalue weighted by atomic mass is 32.2. The van der Waals surface area contributed by atoms with Crippen LogP contribution in [-0.4, -0.2) is 17.9 Å².